The summed E-state index contributed by atoms with van der Waals surface area (Å²) >= 11 is 0. The smallest absolute Gasteiger partial charge is 0.224 e. The quantitative estimate of drug-likeness (QED) is 0.719. The summed E-state index contributed by atoms with van der Waals surface area (Å²) in [6, 6.07) is 5.49. The number of hydrogen-bond acceptors (Lipinski definition) is 3. The van der Waals surface area contributed by atoms with Crippen molar-refractivity contribution in [3.8, 4) is 0 Å². The highest BCUT2D eigenvalue weighted by molar-refractivity contribution is 5.95. The average molecular weight is 328 g/mol. The predicted molar refractivity (Wildman–Crippen MR) is 93.5 cm³/mol. The molecule has 124 valence electrons. The van der Waals surface area contributed by atoms with Crippen molar-refractivity contribution < 1.29 is 9.59 Å². The zero-order chi connectivity index (χ0) is 15.8. The molecule has 0 saturated heterocycles. The lowest BCUT2D eigenvalue weighted by Crippen LogP contribution is -2.20. The van der Waals surface area contributed by atoms with Crippen LogP contribution in [0.4, 0.5) is 11.4 Å². The van der Waals surface area contributed by atoms with Crippen LogP contribution in [0.3, 0.4) is 0 Å². The van der Waals surface area contributed by atoms with Crippen molar-refractivity contribution in [2.75, 3.05) is 10.6 Å². The molecule has 0 heterocycles. The van der Waals surface area contributed by atoms with Crippen molar-refractivity contribution in [1.29, 1.82) is 0 Å². The summed E-state index contributed by atoms with van der Waals surface area (Å²) in [7, 11) is 0. The normalized spacial score (nSPS) is 11.3. The Morgan fingerprint density at radius 2 is 1.64 bits per heavy atom. The van der Waals surface area contributed by atoms with Gasteiger partial charge in [0.25, 0.3) is 0 Å². The van der Waals surface area contributed by atoms with Crippen LogP contribution < -0.4 is 16.4 Å². The van der Waals surface area contributed by atoms with Gasteiger partial charge in [-0.15, -0.1) is 12.4 Å². The second-order valence-corrected chi connectivity index (χ2v) is 5.34. The van der Waals surface area contributed by atoms with Gasteiger partial charge in [-0.25, -0.2) is 0 Å². The number of amides is 2. The number of anilines is 2. The first-order valence-corrected chi connectivity index (χ1v) is 7.39. The summed E-state index contributed by atoms with van der Waals surface area (Å²) in [4.78, 5) is 23.5. The van der Waals surface area contributed by atoms with Gasteiger partial charge in [-0.1, -0.05) is 13.0 Å². The molecule has 0 radical (unpaired) electrons. The topological polar surface area (TPSA) is 84.2 Å². The van der Waals surface area contributed by atoms with Crippen LogP contribution in [0, 0.1) is 6.92 Å². The lowest BCUT2D eigenvalue weighted by Gasteiger charge is -2.13. The van der Waals surface area contributed by atoms with Crippen LogP contribution in [0.25, 0.3) is 0 Å². The lowest BCUT2D eigenvalue weighted by atomic mass is 10.1. The van der Waals surface area contributed by atoms with E-state index in [1.807, 2.05) is 39.0 Å². The molecule has 6 heteroatoms. The number of carbonyl (C=O) groups excluding carboxylic acids is 2. The molecule has 2 amide bonds. The highest BCUT2D eigenvalue weighted by Crippen LogP contribution is 2.23. The fraction of sp³-hybridized carbons (Fsp3) is 0.500. The van der Waals surface area contributed by atoms with Gasteiger partial charge in [0.2, 0.25) is 11.8 Å². The molecule has 1 aromatic rings. The minimum atomic E-state index is -0.0626. The van der Waals surface area contributed by atoms with E-state index in [0.29, 0.717) is 19.3 Å². The largest absolute Gasteiger partial charge is 0.328 e. The Labute approximate surface area is 138 Å². The molecule has 1 atom stereocenters. The SMILES string of the molecule is CCCC(=O)Nc1cccc(NC(=O)CCC(C)N)c1C.Cl. The Hall–Kier alpha value is -1.59. The maximum atomic E-state index is 11.9. The molecule has 0 aliphatic rings. The van der Waals surface area contributed by atoms with Crippen molar-refractivity contribution in [3.05, 3.63) is 23.8 Å². The van der Waals surface area contributed by atoms with E-state index in [4.69, 9.17) is 5.73 Å². The van der Waals surface area contributed by atoms with E-state index in [1.165, 1.54) is 0 Å². The molecule has 5 nitrogen and oxygen atoms in total. The van der Waals surface area contributed by atoms with Crippen LogP contribution in [0.2, 0.25) is 0 Å². The molecule has 0 aliphatic carbocycles. The first kappa shape index (κ1) is 20.4. The highest BCUT2D eigenvalue weighted by Gasteiger charge is 2.10. The monoisotopic (exact) mass is 327 g/mol. The summed E-state index contributed by atoms with van der Waals surface area (Å²) in [5.41, 5.74) is 7.96. The predicted octanol–water partition coefficient (Wildman–Crippen LogP) is 3.22. The Morgan fingerprint density at radius 3 is 2.09 bits per heavy atom. The highest BCUT2D eigenvalue weighted by atomic mass is 35.5. The molecule has 0 aromatic heterocycles. The van der Waals surface area contributed by atoms with Crippen LogP contribution >= 0.6 is 12.4 Å². The fourth-order valence-corrected chi connectivity index (χ4v) is 1.92. The second kappa shape index (κ2) is 10.2. The molecule has 0 spiro atoms. The van der Waals surface area contributed by atoms with Crippen LogP contribution in [0.15, 0.2) is 18.2 Å². The van der Waals surface area contributed by atoms with Gasteiger partial charge >= 0.3 is 0 Å². The molecule has 0 aliphatic heterocycles. The van der Waals surface area contributed by atoms with Crippen LogP contribution in [-0.2, 0) is 9.59 Å². The van der Waals surface area contributed by atoms with Gasteiger partial charge in [0.15, 0.2) is 0 Å². The number of halogens is 1. The summed E-state index contributed by atoms with van der Waals surface area (Å²) in [5, 5.41) is 5.73. The van der Waals surface area contributed by atoms with Gasteiger partial charge in [-0.3, -0.25) is 9.59 Å². The average Bonchev–Trinajstić information content (AvgIpc) is 2.41. The third-order valence-electron chi connectivity index (χ3n) is 3.19. The number of rotatable bonds is 7. The minimum Gasteiger partial charge on any atom is -0.328 e. The first-order valence-electron chi connectivity index (χ1n) is 7.39. The van der Waals surface area contributed by atoms with Crippen LogP contribution in [0.5, 0.6) is 0 Å². The van der Waals surface area contributed by atoms with E-state index in [1.54, 1.807) is 0 Å². The standard InChI is InChI=1S/C16H25N3O2.ClH/c1-4-6-15(20)18-13-7-5-8-14(12(13)3)19-16(21)10-9-11(2)17;/h5,7-8,11H,4,6,9-10,17H2,1-3H3,(H,18,20)(H,19,21);1H. The lowest BCUT2D eigenvalue weighted by molar-refractivity contribution is -0.117. The third kappa shape index (κ3) is 6.91. The van der Waals surface area contributed by atoms with Crippen molar-refractivity contribution in [2.24, 2.45) is 5.73 Å². The summed E-state index contributed by atoms with van der Waals surface area (Å²) in [6.45, 7) is 5.71. The van der Waals surface area contributed by atoms with E-state index >= 15 is 0 Å². The molecule has 22 heavy (non-hydrogen) atoms. The fourth-order valence-electron chi connectivity index (χ4n) is 1.92. The van der Waals surface area contributed by atoms with Crippen LogP contribution in [-0.4, -0.2) is 17.9 Å². The van der Waals surface area contributed by atoms with E-state index in [-0.39, 0.29) is 30.3 Å². The van der Waals surface area contributed by atoms with E-state index in [0.717, 1.165) is 23.4 Å². The molecule has 1 aromatic carbocycles. The van der Waals surface area contributed by atoms with E-state index in [9.17, 15) is 9.59 Å². The number of nitrogens with one attached hydrogen (secondary N) is 2. The number of nitrogens with two attached hydrogens (primary N) is 1. The molecule has 1 rings (SSSR count). The molecule has 4 N–H and O–H groups in total. The molecule has 1 unspecified atom stereocenters. The maximum Gasteiger partial charge on any atom is 0.224 e. The Balaban J connectivity index is 0.00000441. The van der Waals surface area contributed by atoms with Gasteiger partial charge in [0.05, 0.1) is 0 Å². The summed E-state index contributed by atoms with van der Waals surface area (Å²) in [6.07, 6.45) is 2.34. The Bertz CT molecular complexity index is 504. The summed E-state index contributed by atoms with van der Waals surface area (Å²) < 4.78 is 0. The number of benzene rings is 1. The molecule has 0 saturated carbocycles. The third-order valence-corrected chi connectivity index (χ3v) is 3.19. The number of hydrogen-bond donors (Lipinski definition) is 3. The van der Waals surface area contributed by atoms with Crippen molar-refractivity contribution in [1.82, 2.24) is 0 Å². The van der Waals surface area contributed by atoms with E-state index < -0.39 is 0 Å². The Morgan fingerprint density at radius 1 is 1.14 bits per heavy atom. The first-order chi connectivity index (χ1) is 9.93. The van der Waals surface area contributed by atoms with Crippen LogP contribution in [0.1, 0.15) is 45.1 Å². The van der Waals surface area contributed by atoms with Gasteiger partial charge in [-0.05, 0) is 44.4 Å². The molecular weight excluding hydrogens is 302 g/mol. The molecular formula is C16H26ClN3O2. The zero-order valence-electron chi connectivity index (χ0n) is 13.4. The van der Waals surface area contributed by atoms with Crippen molar-refractivity contribution in [3.63, 3.8) is 0 Å². The van der Waals surface area contributed by atoms with Gasteiger partial charge < -0.3 is 16.4 Å². The Kier molecular flexibility index (Phi) is 9.45. The van der Waals surface area contributed by atoms with Gasteiger partial charge in [0, 0.05) is 30.3 Å². The molecule has 0 bridgehead atoms. The number of carbonyl (C=O) groups is 2. The van der Waals surface area contributed by atoms with Gasteiger partial charge in [-0.2, -0.15) is 0 Å². The van der Waals surface area contributed by atoms with Gasteiger partial charge in [0.1, 0.15) is 0 Å². The van der Waals surface area contributed by atoms with E-state index in [2.05, 4.69) is 10.6 Å². The zero-order valence-corrected chi connectivity index (χ0v) is 14.3. The molecule has 0 fully saturated rings. The summed E-state index contributed by atoms with van der Waals surface area (Å²) in [5.74, 6) is -0.0755. The maximum absolute atomic E-state index is 11.9. The van der Waals surface area contributed by atoms with Crippen molar-refractivity contribution in [2.45, 2.75) is 52.5 Å². The minimum absolute atomic E-state index is 0. The second-order valence-electron chi connectivity index (χ2n) is 5.34. The van der Waals surface area contributed by atoms with Crippen molar-refractivity contribution >= 4 is 35.6 Å².